The van der Waals surface area contributed by atoms with Crippen molar-refractivity contribution in [1.82, 2.24) is 9.55 Å². The summed E-state index contributed by atoms with van der Waals surface area (Å²) in [5.74, 6) is 6.27. The molecule has 3 aromatic rings. The van der Waals surface area contributed by atoms with Crippen molar-refractivity contribution >= 4 is 17.3 Å². The lowest BCUT2D eigenvalue weighted by molar-refractivity contribution is 0.158. The van der Waals surface area contributed by atoms with Gasteiger partial charge in [-0.3, -0.25) is 0 Å². The molecular formula is C21H18ClN3O. The molecule has 0 unspecified atom stereocenters. The second-order valence-electron chi connectivity index (χ2n) is 5.50. The van der Waals surface area contributed by atoms with E-state index >= 15 is 0 Å². The second kappa shape index (κ2) is 8.89. The fourth-order valence-corrected chi connectivity index (χ4v) is 2.64. The van der Waals surface area contributed by atoms with Crippen LogP contribution >= 0.6 is 11.6 Å². The van der Waals surface area contributed by atoms with Gasteiger partial charge in [-0.25, -0.2) is 4.98 Å². The summed E-state index contributed by atoms with van der Waals surface area (Å²) in [6.45, 7) is 2.91. The van der Waals surface area contributed by atoms with Crippen molar-refractivity contribution in [2.75, 3.05) is 6.61 Å². The number of oxime groups is 1. The van der Waals surface area contributed by atoms with Crippen LogP contribution in [0.1, 0.15) is 23.6 Å². The maximum absolute atomic E-state index is 6.50. The van der Waals surface area contributed by atoms with Crippen LogP contribution in [0.15, 0.2) is 72.4 Å². The van der Waals surface area contributed by atoms with Gasteiger partial charge < -0.3 is 9.40 Å². The SMILES string of the molecule is CCON=C(Cn1ccnc1)c1ccc(C#Cc2ccccc2)cc1Cl. The fourth-order valence-electron chi connectivity index (χ4n) is 2.35. The average Bonchev–Trinajstić information content (AvgIpc) is 3.18. The van der Waals surface area contributed by atoms with E-state index in [4.69, 9.17) is 16.4 Å². The predicted molar refractivity (Wildman–Crippen MR) is 104 cm³/mol. The van der Waals surface area contributed by atoms with E-state index < -0.39 is 0 Å². The molecule has 26 heavy (non-hydrogen) atoms. The summed E-state index contributed by atoms with van der Waals surface area (Å²) in [6.07, 6.45) is 5.33. The molecule has 0 bridgehead atoms. The molecular weight excluding hydrogens is 346 g/mol. The van der Waals surface area contributed by atoms with Crippen LogP contribution in [0.4, 0.5) is 0 Å². The zero-order valence-electron chi connectivity index (χ0n) is 14.4. The molecule has 0 atom stereocenters. The number of benzene rings is 2. The largest absolute Gasteiger partial charge is 0.396 e. The molecule has 0 radical (unpaired) electrons. The highest BCUT2D eigenvalue weighted by molar-refractivity contribution is 6.34. The molecule has 5 heteroatoms. The first kappa shape index (κ1) is 17.8. The number of hydrogen-bond acceptors (Lipinski definition) is 3. The third-order valence-electron chi connectivity index (χ3n) is 3.60. The lowest BCUT2D eigenvalue weighted by Gasteiger charge is -2.09. The van der Waals surface area contributed by atoms with Gasteiger partial charge in [-0.2, -0.15) is 0 Å². The van der Waals surface area contributed by atoms with E-state index in [9.17, 15) is 0 Å². The lowest BCUT2D eigenvalue weighted by Crippen LogP contribution is -2.12. The van der Waals surface area contributed by atoms with Crippen LogP contribution in [0.3, 0.4) is 0 Å². The summed E-state index contributed by atoms with van der Waals surface area (Å²) in [7, 11) is 0. The van der Waals surface area contributed by atoms with Crippen LogP contribution < -0.4 is 0 Å². The smallest absolute Gasteiger partial charge is 0.114 e. The molecule has 2 aromatic carbocycles. The maximum Gasteiger partial charge on any atom is 0.114 e. The normalized spacial score (nSPS) is 10.9. The van der Waals surface area contributed by atoms with Gasteiger partial charge in [0.05, 0.1) is 17.9 Å². The Balaban J connectivity index is 1.86. The van der Waals surface area contributed by atoms with Crippen LogP contribution in [-0.2, 0) is 11.4 Å². The number of nitrogens with zero attached hydrogens (tertiary/aromatic N) is 3. The van der Waals surface area contributed by atoms with Crippen molar-refractivity contribution in [2.45, 2.75) is 13.5 Å². The van der Waals surface area contributed by atoms with E-state index in [1.165, 1.54) is 0 Å². The Morgan fingerprint density at radius 2 is 1.96 bits per heavy atom. The van der Waals surface area contributed by atoms with E-state index in [-0.39, 0.29) is 0 Å². The van der Waals surface area contributed by atoms with Crippen molar-refractivity contribution in [1.29, 1.82) is 0 Å². The third kappa shape index (κ3) is 4.75. The molecule has 0 spiro atoms. The Hall–Kier alpha value is -3.03. The van der Waals surface area contributed by atoms with Gasteiger partial charge >= 0.3 is 0 Å². The van der Waals surface area contributed by atoms with Gasteiger partial charge in [-0.15, -0.1) is 0 Å². The van der Waals surface area contributed by atoms with Crippen molar-refractivity contribution in [3.05, 3.63) is 89.0 Å². The molecule has 0 saturated heterocycles. The van der Waals surface area contributed by atoms with Crippen LogP contribution in [0, 0.1) is 11.8 Å². The van der Waals surface area contributed by atoms with E-state index in [2.05, 4.69) is 22.0 Å². The number of rotatable bonds is 5. The molecule has 0 saturated carbocycles. The summed E-state index contributed by atoms with van der Waals surface area (Å²) in [5.41, 5.74) is 3.36. The van der Waals surface area contributed by atoms with E-state index in [0.717, 1.165) is 22.4 Å². The molecule has 3 rings (SSSR count). The van der Waals surface area contributed by atoms with Crippen molar-refractivity contribution in [3.8, 4) is 11.8 Å². The number of hydrogen-bond donors (Lipinski definition) is 0. The van der Waals surface area contributed by atoms with Gasteiger partial charge in [0.2, 0.25) is 0 Å². The standard InChI is InChI=1S/C21H18ClN3O/c1-2-26-24-21(15-25-13-12-23-16-25)19-11-10-18(14-20(19)22)9-8-17-6-4-3-5-7-17/h3-7,10-14,16H,2,15H2,1H3. The Bertz CT molecular complexity index is 938. The molecule has 0 aliphatic rings. The Kier molecular flexibility index (Phi) is 6.08. The minimum atomic E-state index is 0.492. The van der Waals surface area contributed by atoms with Crippen LogP contribution in [0.25, 0.3) is 0 Å². The topological polar surface area (TPSA) is 39.4 Å². The van der Waals surface area contributed by atoms with Crippen LogP contribution in [-0.4, -0.2) is 21.9 Å². The summed E-state index contributed by atoms with van der Waals surface area (Å²) < 4.78 is 1.91. The molecule has 0 fully saturated rings. The number of imidazole rings is 1. The molecule has 1 aromatic heterocycles. The lowest BCUT2D eigenvalue weighted by atomic mass is 10.1. The quantitative estimate of drug-likeness (QED) is 0.383. The van der Waals surface area contributed by atoms with Gasteiger partial charge in [0.1, 0.15) is 12.3 Å². The van der Waals surface area contributed by atoms with Gasteiger partial charge in [0, 0.05) is 29.1 Å². The van der Waals surface area contributed by atoms with Crippen molar-refractivity contribution < 1.29 is 4.84 Å². The molecule has 130 valence electrons. The predicted octanol–water partition coefficient (Wildman–Crippen LogP) is 4.38. The third-order valence-corrected chi connectivity index (χ3v) is 3.91. The molecule has 0 amide bonds. The number of aromatic nitrogens is 2. The highest BCUT2D eigenvalue weighted by Gasteiger charge is 2.11. The first-order valence-corrected chi connectivity index (χ1v) is 8.65. The van der Waals surface area contributed by atoms with Gasteiger partial charge in [0.15, 0.2) is 0 Å². The summed E-state index contributed by atoms with van der Waals surface area (Å²) in [5, 5.41) is 4.81. The summed E-state index contributed by atoms with van der Waals surface area (Å²) in [6, 6.07) is 15.6. The molecule has 0 aliphatic heterocycles. The zero-order valence-corrected chi connectivity index (χ0v) is 15.1. The molecule has 4 nitrogen and oxygen atoms in total. The maximum atomic E-state index is 6.50. The monoisotopic (exact) mass is 363 g/mol. The Labute approximate surface area is 158 Å². The average molecular weight is 364 g/mol. The highest BCUT2D eigenvalue weighted by Crippen LogP contribution is 2.20. The van der Waals surface area contributed by atoms with E-state index in [0.29, 0.717) is 18.2 Å². The summed E-state index contributed by atoms with van der Waals surface area (Å²) in [4.78, 5) is 9.31. The van der Waals surface area contributed by atoms with Crippen LogP contribution in [0.5, 0.6) is 0 Å². The van der Waals surface area contributed by atoms with Gasteiger partial charge in [0.25, 0.3) is 0 Å². The minimum absolute atomic E-state index is 0.492. The highest BCUT2D eigenvalue weighted by atomic mass is 35.5. The Morgan fingerprint density at radius 3 is 2.65 bits per heavy atom. The van der Waals surface area contributed by atoms with E-state index in [1.807, 2.05) is 66.2 Å². The molecule has 0 aliphatic carbocycles. The summed E-state index contributed by atoms with van der Waals surface area (Å²) >= 11 is 6.50. The molecule has 1 heterocycles. The van der Waals surface area contributed by atoms with E-state index in [1.54, 1.807) is 12.5 Å². The second-order valence-corrected chi connectivity index (χ2v) is 5.91. The van der Waals surface area contributed by atoms with Crippen molar-refractivity contribution in [2.24, 2.45) is 5.16 Å². The van der Waals surface area contributed by atoms with Gasteiger partial charge in [-0.1, -0.05) is 52.9 Å². The van der Waals surface area contributed by atoms with Gasteiger partial charge in [-0.05, 0) is 31.2 Å². The first-order chi connectivity index (χ1) is 12.8. The first-order valence-electron chi connectivity index (χ1n) is 8.28. The van der Waals surface area contributed by atoms with Crippen LogP contribution in [0.2, 0.25) is 5.02 Å². The Morgan fingerprint density at radius 1 is 1.15 bits per heavy atom. The zero-order chi connectivity index (χ0) is 18.2. The minimum Gasteiger partial charge on any atom is -0.396 e. The van der Waals surface area contributed by atoms with Crippen molar-refractivity contribution in [3.63, 3.8) is 0 Å². The fraction of sp³-hybridized carbons (Fsp3) is 0.143. The number of halogens is 1. The molecule has 0 N–H and O–H groups in total.